The van der Waals surface area contributed by atoms with Gasteiger partial charge in [0, 0.05) is 16.2 Å². The van der Waals surface area contributed by atoms with Gasteiger partial charge in [0.05, 0.1) is 6.61 Å². The van der Waals surface area contributed by atoms with Gasteiger partial charge in [0.2, 0.25) is 0 Å². The number of hydrogen-bond donors (Lipinski definition) is 2. The van der Waals surface area contributed by atoms with Crippen LogP contribution in [0, 0.1) is 0 Å². The van der Waals surface area contributed by atoms with E-state index in [2.05, 4.69) is 0 Å². The summed E-state index contributed by atoms with van der Waals surface area (Å²) in [4.78, 5) is 1.04. The van der Waals surface area contributed by atoms with E-state index in [1.807, 2.05) is 25.1 Å². The number of aliphatic hydroxyl groups excluding tert-OH is 1. The fourth-order valence-electron chi connectivity index (χ4n) is 1.79. The molecule has 1 aliphatic heterocycles. The number of ether oxygens (including phenoxy) is 2. The molecule has 0 aliphatic carbocycles. The van der Waals surface area contributed by atoms with E-state index in [1.165, 1.54) is 0 Å². The van der Waals surface area contributed by atoms with Crippen molar-refractivity contribution in [2.24, 2.45) is 5.73 Å². The maximum absolute atomic E-state index is 9.37. The predicted molar refractivity (Wildman–Crippen MR) is 72.4 cm³/mol. The lowest BCUT2D eigenvalue weighted by atomic mass is 10.2. The van der Waals surface area contributed by atoms with Crippen molar-refractivity contribution in [2.75, 3.05) is 19.8 Å². The molecule has 3 N–H and O–H groups in total. The van der Waals surface area contributed by atoms with E-state index in [0.29, 0.717) is 13.2 Å². The average molecular weight is 269 g/mol. The van der Waals surface area contributed by atoms with Gasteiger partial charge in [-0.15, -0.1) is 11.8 Å². The number of thioether (sulfide) groups is 1. The molecule has 100 valence electrons. The van der Waals surface area contributed by atoms with Crippen LogP contribution < -0.4 is 15.2 Å². The zero-order valence-electron chi connectivity index (χ0n) is 10.5. The Morgan fingerprint density at radius 1 is 1.33 bits per heavy atom. The Morgan fingerprint density at radius 2 is 2.06 bits per heavy atom. The van der Waals surface area contributed by atoms with Crippen molar-refractivity contribution >= 4 is 11.8 Å². The molecule has 0 saturated heterocycles. The topological polar surface area (TPSA) is 64.7 Å². The number of rotatable bonds is 5. The zero-order valence-corrected chi connectivity index (χ0v) is 11.3. The third-order valence-corrected chi connectivity index (χ3v) is 4.26. The van der Waals surface area contributed by atoms with Crippen LogP contribution in [0.3, 0.4) is 0 Å². The van der Waals surface area contributed by atoms with E-state index in [4.69, 9.17) is 15.2 Å². The van der Waals surface area contributed by atoms with Gasteiger partial charge in [-0.25, -0.2) is 0 Å². The van der Waals surface area contributed by atoms with Crippen molar-refractivity contribution in [3.05, 3.63) is 18.2 Å². The van der Waals surface area contributed by atoms with Gasteiger partial charge in [0.15, 0.2) is 11.5 Å². The van der Waals surface area contributed by atoms with Crippen LogP contribution in [0.2, 0.25) is 0 Å². The number of aliphatic hydroxyl groups is 1. The molecule has 2 atom stereocenters. The molecule has 0 fully saturated rings. The molecule has 0 bridgehead atoms. The van der Waals surface area contributed by atoms with Crippen molar-refractivity contribution in [2.45, 2.75) is 29.5 Å². The van der Waals surface area contributed by atoms with Crippen molar-refractivity contribution in [1.82, 2.24) is 0 Å². The molecule has 5 heteroatoms. The molecule has 0 radical (unpaired) electrons. The summed E-state index contributed by atoms with van der Waals surface area (Å²) in [6.07, 6.45) is 0.850. The van der Waals surface area contributed by atoms with Crippen molar-refractivity contribution < 1.29 is 14.6 Å². The summed E-state index contributed by atoms with van der Waals surface area (Å²) in [6, 6.07) is 5.82. The van der Waals surface area contributed by atoms with Crippen LogP contribution in [-0.4, -0.2) is 36.2 Å². The zero-order chi connectivity index (χ0) is 13.0. The van der Waals surface area contributed by atoms with Gasteiger partial charge in [0.25, 0.3) is 0 Å². The highest BCUT2D eigenvalue weighted by atomic mass is 32.2. The van der Waals surface area contributed by atoms with Gasteiger partial charge in [-0.2, -0.15) is 0 Å². The summed E-state index contributed by atoms with van der Waals surface area (Å²) in [7, 11) is 0. The first kappa shape index (κ1) is 13.5. The van der Waals surface area contributed by atoms with Gasteiger partial charge >= 0.3 is 0 Å². The van der Waals surface area contributed by atoms with Crippen molar-refractivity contribution in [1.29, 1.82) is 0 Å². The Morgan fingerprint density at radius 3 is 2.72 bits per heavy atom. The minimum absolute atomic E-state index is 0.00630. The van der Waals surface area contributed by atoms with Gasteiger partial charge in [-0.3, -0.25) is 0 Å². The maximum atomic E-state index is 9.37. The first-order chi connectivity index (χ1) is 8.74. The van der Waals surface area contributed by atoms with E-state index in [-0.39, 0.29) is 17.9 Å². The quantitative estimate of drug-likeness (QED) is 0.796. The summed E-state index contributed by atoms with van der Waals surface area (Å²) in [6.45, 7) is 3.28. The molecule has 0 aromatic heterocycles. The maximum Gasteiger partial charge on any atom is 0.162 e. The summed E-state index contributed by atoms with van der Waals surface area (Å²) < 4.78 is 11.0. The molecule has 18 heavy (non-hydrogen) atoms. The van der Waals surface area contributed by atoms with Gasteiger partial charge in [0.1, 0.15) is 13.2 Å². The summed E-state index contributed by atoms with van der Waals surface area (Å²) in [5.41, 5.74) is 5.98. The van der Waals surface area contributed by atoms with E-state index in [9.17, 15) is 5.11 Å². The van der Waals surface area contributed by atoms with Crippen LogP contribution in [0.25, 0.3) is 0 Å². The normalized spacial score (nSPS) is 17.3. The molecular formula is C13H19NO3S. The second-order valence-corrected chi connectivity index (χ2v) is 5.53. The van der Waals surface area contributed by atoms with Crippen molar-refractivity contribution in [3.8, 4) is 11.5 Å². The molecule has 1 heterocycles. The molecular weight excluding hydrogens is 250 g/mol. The van der Waals surface area contributed by atoms with Crippen LogP contribution in [0.5, 0.6) is 11.5 Å². The Hall–Kier alpha value is -0.910. The van der Waals surface area contributed by atoms with Crippen LogP contribution in [0.1, 0.15) is 13.3 Å². The fraction of sp³-hybridized carbons (Fsp3) is 0.538. The first-order valence-electron chi connectivity index (χ1n) is 6.17. The summed E-state index contributed by atoms with van der Waals surface area (Å²) in [5, 5.41) is 9.38. The monoisotopic (exact) mass is 269 g/mol. The van der Waals surface area contributed by atoms with E-state index >= 15 is 0 Å². The minimum atomic E-state index is -0.00630. The van der Waals surface area contributed by atoms with E-state index in [1.54, 1.807) is 11.8 Å². The Kier molecular flexibility index (Phi) is 4.74. The van der Waals surface area contributed by atoms with E-state index in [0.717, 1.165) is 22.8 Å². The molecule has 1 aromatic carbocycles. The molecule has 2 rings (SSSR count). The Bertz CT molecular complexity index is 400. The second-order valence-electron chi connectivity index (χ2n) is 4.22. The fourth-order valence-corrected chi connectivity index (χ4v) is 2.91. The van der Waals surface area contributed by atoms with Crippen LogP contribution in [0.4, 0.5) is 0 Å². The largest absolute Gasteiger partial charge is 0.486 e. The second kappa shape index (κ2) is 6.31. The minimum Gasteiger partial charge on any atom is -0.486 e. The summed E-state index contributed by atoms with van der Waals surface area (Å²) >= 11 is 1.58. The van der Waals surface area contributed by atoms with Crippen molar-refractivity contribution in [3.63, 3.8) is 0 Å². The Labute approximate surface area is 111 Å². The molecule has 0 spiro atoms. The molecule has 1 aliphatic rings. The van der Waals surface area contributed by atoms with Crippen LogP contribution in [0.15, 0.2) is 23.1 Å². The average Bonchev–Trinajstić information content (AvgIpc) is 2.43. The van der Waals surface area contributed by atoms with Crippen LogP contribution >= 0.6 is 11.8 Å². The lowest BCUT2D eigenvalue weighted by Gasteiger charge is -2.22. The predicted octanol–water partition coefficient (Wildman–Crippen LogP) is 1.65. The highest BCUT2D eigenvalue weighted by Crippen LogP contribution is 2.36. The van der Waals surface area contributed by atoms with Gasteiger partial charge in [-0.05, 0) is 24.6 Å². The molecule has 2 unspecified atom stereocenters. The number of hydrogen-bond acceptors (Lipinski definition) is 5. The third kappa shape index (κ3) is 3.10. The molecule has 0 amide bonds. The lowest BCUT2D eigenvalue weighted by Crippen LogP contribution is -2.34. The number of fused-ring (bicyclic) bond motifs is 1. The van der Waals surface area contributed by atoms with Crippen LogP contribution in [-0.2, 0) is 0 Å². The molecule has 4 nitrogen and oxygen atoms in total. The highest BCUT2D eigenvalue weighted by molar-refractivity contribution is 8.00. The van der Waals surface area contributed by atoms with E-state index < -0.39 is 0 Å². The van der Waals surface area contributed by atoms with Gasteiger partial charge in [-0.1, -0.05) is 6.92 Å². The SMILES string of the molecule is CCC(N)C(CO)Sc1ccc2c(c1)OCCO2. The first-order valence-corrected chi connectivity index (χ1v) is 7.05. The third-order valence-electron chi connectivity index (χ3n) is 2.93. The number of benzene rings is 1. The standard InChI is InChI=1S/C13H19NO3S/c1-2-10(14)13(8-15)18-9-3-4-11-12(7-9)17-6-5-16-11/h3-4,7,10,13,15H,2,5-6,8,14H2,1H3. The smallest absolute Gasteiger partial charge is 0.162 e. The molecule has 1 aromatic rings. The Balaban J connectivity index is 2.09. The highest BCUT2D eigenvalue weighted by Gasteiger charge is 2.18. The number of nitrogens with two attached hydrogens (primary N) is 1. The summed E-state index contributed by atoms with van der Waals surface area (Å²) in [5.74, 6) is 1.55. The molecule has 0 saturated carbocycles. The van der Waals surface area contributed by atoms with Gasteiger partial charge < -0.3 is 20.3 Å². The lowest BCUT2D eigenvalue weighted by molar-refractivity contribution is 0.171.